The summed E-state index contributed by atoms with van der Waals surface area (Å²) >= 11 is 0. The number of benzene rings is 1. The maximum absolute atomic E-state index is 12.4. The van der Waals surface area contributed by atoms with Crippen LogP contribution in [0.2, 0.25) is 0 Å². The van der Waals surface area contributed by atoms with Crippen molar-refractivity contribution in [2.75, 3.05) is 25.0 Å². The minimum absolute atomic E-state index is 0. The number of piperidine rings is 1. The third-order valence-electron chi connectivity index (χ3n) is 5.32. The molecule has 2 atom stereocenters. The maximum atomic E-state index is 12.4. The summed E-state index contributed by atoms with van der Waals surface area (Å²) in [6, 6.07) is 8.85. The van der Waals surface area contributed by atoms with Crippen molar-refractivity contribution in [3.8, 4) is 0 Å². The van der Waals surface area contributed by atoms with E-state index in [4.69, 9.17) is 0 Å². The molecule has 1 aromatic carbocycles. The number of nitrogens with one attached hydrogen (secondary N) is 2. The highest BCUT2D eigenvalue weighted by molar-refractivity contribution is 5.92. The molecule has 2 fully saturated rings. The summed E-state index contributed by atoms with van der Waals surface area (Å²) in [6.45, 7) is 6.55. The third kappa shape index (κ3) is 6.28. The van der Waals surface area contributed by atoms with Gasteiger partial charge in [0.15, 0.2) is 0 Å². The first kappa shape index (κ1) is 20.2. The summed E-state index contributed by atoms with van der Waals surface area (Å²) in [4.78, 5) is 15.0. The highest BCUT2D eigenvalue weighted by atomic mass is 35.5. The summed E-state index contributed by atoms with van der Waals surface area (Å²) in [5.41, 5.74) is 2.26. The molecule has 0 saturated carbocycles. The van der Waals surface area contributed by atoms with E-state index < -0.39 is 0 Å². The molecule has 0 unspecified atom stereocenters. The zero-order valence-corrected chi connectivity index (χ0v) is 16.1. The summed E-state index contributed by atoms with van der Waals surface area (Å²) < 4.78 is 0. The molecule has 4 nitrogen and oxygen atoms in total. The van der Waals surface area contributed by atoms with Crippen LogP contribution in [-0.2, 0) is 11.3 Å². The van der Waals surface area contributed by atoms with E-state index in [0.717, 1.165) is 31.6 Å². The molecule has 2 saturated heterocycles. The second-order valence-corrected chi connectivity index (χ2v) is 7.45. The minimum atomic E-state index is 0. The number of rotatable bonds is 4. The lowest BCUT2D eigenvalue weighted by atomic mass is 9.92. The van der Waals surface area contributed by atoms with E-state index in [2.05, 4.69) is 46.7 Å². The zero-order chi connectivity index (χ0) is 16.8. The zero-order valence-electron chi connectivity index (χ0n) is 15.3. The Morgan fingerprint density at radius 1 is 1.16 bits per heavy atom. The summed E-state index contributed by atoms with van der Waals surface area (Å²) in [7, 11) is 0. The van der Waals surface area contributed by atoms with Gasteiger partial charge in [-0.3, -0.25) is 9.69 Å². The number of hydrogen-bond acceptors (Lipinski definition) is 3. The Kier molecular flexibility index (Phi) is 8.20. The van der Waals surface area contributed by atoms with E-state index in [-0.39, 0.29) is 24.2 Å². The quantitative estimate of drug-likeness (QED) is 0.852. The summed E-state index contributed by atoms with van der Waals surface area (Å²) in [5, 5.41) is 6.49. The lowest BCUT2D eigenvalue weighted by molar-refractivity contribution is -0.120. The van der Waals surface area contributed by atoms with E-state index in [0.29, 0.717) is 6.04 Å². The molecule has 0 spiro atoms. The van der Waals surface area contributed by atoms with Crippen molar-refractivity contribution in [1.82, 2.24) is 10.2 Å². The van der Waals surface area contributed by atoms with Gasteiger partial charge in [0.05, 0.1) is 0 Å². The van der Waals surface area contributed by atoms with E-state index in [9.17, 15) is 4.79 Å². The molecule has 5 heteroatoms. The molecule has 25 heavy (non-hydrogen) atoms. The largest absolute Gasteiger partial charge is 0.326 e. The molecule has 140 valence electrons. The van der Waals surface area contributed by atoms with Gasteiger partial charge in [0.2, 0.25) is 5.91 Å². The predicted octanol–water partition coefficient (Wildman–Crippen LogP) is 3.81. The van der Waals surface area contributed by atoms with Crippen LogP contribution in [0.3, 0.4) is 0 Å². The van der Waals surface area contributed by atoms with Crippen LogP contribution >= 0.6 is 12.4 Å². The molecule has 3 rings (SSSR count). The van der Waals surface area contributed by atoms with Gasteiger partial charge < -0.3 is 10.6 Å². The lowest BCUT2D eigenvalue weighted by Crippen LogP contribution is -2.40. The molecular weight excluding hydrogens is 334 g/mol. The predicted molar refractivity (Wildman–Crippen MR) is 106 cm³/mol. The molecule has 2 heterocycles. The molecule has 0 radical (unpaired) electrons. The van der Waals surface area contributed by atoms with Crippen LogP contribution < -0.4 is 10.6 Å². The fourth-order valence-corrected chi connectivity index (χ4v) is 3.86. The molecule has 1 aromatic rings. The Morgan fingerprint density at radius 3 is 2.48 bits per heavy atom. The van der Waals surface area contributed by atoms with Gasteiger partial charge in [-0.25, -0.2) is 0 Å². The monoisotopic (exact) mass is 365 g/mol. The van der Waals surface area contributed by atoms with Crippen LogP contribution in [0.25, 0.3) is 0 Å². The first-order chi connectivity index (χ1) is 11.7. The number of hydrogen-bond donors (Lipinski definition) is 2. The lowest BCUT2D eigenvalue weighted by Gasteiger charge is -2.27. The molecule has 0 aliphatic carbocycles. The smallest absolute Gasteiger partial charge is 0.227 e. The van der Waals surface area contributed by atoms with Gasteiger partial charge in [0.25, 0.3) is 0 Å². The second kappa shape index (κ2) is 10.1. The van der Waals surface area contributed by atoms with Crippen molar-refractivity contribution in [3.63, 3.8) is 0 Å². The van der Waals surface area contributed by atoms with E-state index in [1.807, 2.05) is 0 Å². The standard InChI is InChI=1S/C20H31N3O.ClH/c1-16-14-18(10-11-21-16)20(24)22-19-8-6-17(7-9-19)15-23-12-4-2-3-5-13-23;/h6-9,16,18,21H,2-5,10-15H2,1H3,(H,22,24);1H/t16-,18-;/m0./s1. The molecule has 2 N–H and O–H groups in total. The molecule has 2 aliphatic heterocycles. The number of amides is 1. The third-order valence-corrected chi connectivity index (χ3v) is 5.32. The van der Waals surface area contributed by atoms with Gasteiger partial charge in [-0.1, -0.05) is 25.0 Å². The van der Waals surface area contributed by atoms with Crippen LogP contribution in [0.5, 0.6) is 0 Å². The first-order valence-electron chi connectivity index (χ1n) is 9.56. The summed E-state index contributed by atoms with van der Waals surface area (Å²) in [6.07, 6.45) is 7.25. The summed E-state index contributed by atoms with van der Waals surface area (Å²) in [5.74, 6) is 0.307. The average Bonchev–Trinajstić information content (AvgIpc) is 2.85. The second-order valence-electron chi connectivity index (χ2n) is 7.45. The Hall–Kier alpha value is -1.10. The van der Waals surface area contributed by atoms with Crippen molar-refractivity contribution in [1.29, 1.82) is 0 Å². The van der Waals surface area contributed by atoms with Gasteiger partial charge in [-0.05, 0) is 69.9 Å². The van der Waals surface area contributed by atoms with Crippen LogP contribution in [0, 0.1) is 5.92 Å². The van der Waals surface area contributed by atoms with Gasteiger partial charge in [-0.2, -0.15) is 0 Å². The van der Waals surface area contributed by atoms with Crippen LogP contribution in [-0.4, -0.2) is 36.5 Å². The fourth-order valence-electron chi connectivity index (χ4n) is 3.86. The van der Waals surface area contributed by atoms with Gasteiger partial charge >= 0.3 is 0 Å². The Bertz CT molecular complexity index is 526. The normalized spacial score (nSPS) is 24.8. The number of nitrogens with zero attached hydrogens (tertiary/aromatic N) is 1. The van der Waals surface area contributed by atoms with E-state index in [1.165, 1.54) is 44.3 Å². The van der Waals surface area contributed by atoms with Crippen LogP contribution in [0.4, 0.5) is 5.69 Å². The van der Waals surface area contributed by atoms with Crippen molar-refractivity contribution in [2.24, 2.45) is 5.92 Å². The van der Waals surface area contributed by atoms with Crippen molar-refractivity contribution in [2.45, 2.75) is 58.0 Å². The Labute approximate surface area is 158 Å². The van der Waals surface area contributed by atoms with Gasteiger partial charge in [0, 0.05) is 24.2 Å². The van der Waals surface area contributed by atoms with Crippen molar-refractivity contribution >= 4 is 24.0 Å². The van der Waals surface area contributed by atoms with Gasteiger partial charge in [0.1, 0.15) is 0 Å². The number of carbonyl (C=O) groups is 1. The molecular formula is C20H32ClN3O. The maximum Gasteiger partial charge on any atom is 0.227 e. The van der Waals surface area contributed by atoms with Gasteiger partial charge in [-0.15, -0.1) is 12.4 Å². The highest BCUT2D eigenvalue weighted by Crippen LogP contribution is 2.20. The fraction of sp³-hybridized carbons (Fsp3) is 0.650. The molecule has 0 aromatic heterocycles. The SMILES string of the molecule is C[C@H]1C[C@@H](C(=O)Nc2ccc(CN3CCCCCC3)cc2)CCN1.Cl. The number of likely N-dealkylation sites (tertiary alicyclic amines) is 1. The number of carbonyl (C=O) groups excluding carboxylic acids is 1. The van der Waals surface area contributed by atoms with Crippen molar-refractivity contribution < 1.29 is 4.79 Å². The topological polar surface area (TPSA) is 44.4 Å². The van der Waals surface area contributed by atoms with E-state index in [1.54, 1.807) is 0 Å². The minimum Gasteiger partial charge on any atom is -0.326 e. The molecule has 1 amide bonds. The Balaban J connectivity index is 0.00000225. The molecule has 0 bridgehead atoms. The van der Waals surface area contributed by atoms with Crippen LogP contribution in [0.15, 0.2) is 24.3 Å². The highest BCUT2D eigenvalue weighted by Gasteiger charge is 2.24. The van der Waals surface area contributed by atoms with Crippen molar-refractivity contribution in [3.05, 3.63) is 29.8 Å². The Morgan fingerprint density at radius 2 is 1.84 bits per heavy atom. The average molecular weight is 366 g/mol. The number of anilines is 1. The number of halogens is 1. The van der Waals surface area contributed by atoms with E-state index >= 15 is 0 Å². The first-order valence-corrected chi connectivity index (χ1v) is 9.56. The molecule has 2 aliphatic rings. The van der Waals surface area contributed by atoms with Crippen LogP contribution in [0.1, 0.15) is 51.0 Å².